The molecule has 152 valence electrons. The van der Waals surface area contributed by atoms with Crippen molar-refractivity contribution in [2.24, 2.45) is 11.1 Å². The number of fused-ring (bicyclic) bond motifs is 3. The minimum Gasteiger partial charge on any atom is -0.366 e. The number of Topliss-reactive ketones (excluding diaryl/α,β-unsaturated/α-hetero) is 1. The molecule has 5 nitrogen and oxygen atoms in total. The summed E-state index contributed by atoms with van der Waals surface area (Å²) in [4.78, 5) is 29.7. The Hall–Kier alpha value is -2.14. The quantitative estimate of drug-likeness (QED) is 0.772. The fourth-order valence-corrected chi connectivity index (χ4v) is 4.88. The van der Waals surface area contributed by atoms with Crippen LogP contribution < -0.4 is 5.73 Å². The normalized spacial score (nSPS) is 21.0. The van der Waals surface area contributed by atoms with Crippen LogP contribution in [0.2, 0.25) is 0 Å². The zero-order valence-electron chi connectivity index (χ0n) is 17.8. The molecule has 1 aliphatic heterocycles. The SMILES string of the molecule is CC1(C)CC(C)(C)c2c([nH]c3ccc(C(N)=O)cc23)C1=O.CN1CCCCC1. The van der Waals surface area contributed by atoms with E-state index in [0.29, 0.717) is 11.3 Å². The summed E-state index contributed by atoms with van der Waals surface area (Å²) in [6.45, 7) is 10.9. The zero-order chi connectivity index (χ0) is 20.7. The van der Waals surface area contributed by atoms with Gasteiger partial charge in [-0.2, -0.15) is 0 Å². The number of likely N-dealkylation sites (tertiary alicyclic amines) is 1. The number of carbonyl (C=O) groups excluding carboxylic acids is 2. The molecule has 3 N–H and O–H groups in total. The minimum atomic E-state index is -0.452. The number of nitrogens with one attached hydrogen (secondary N) is 1. The average molecular weight is 384 g/mol. The van der Waals surface area contributed by atoms with E-state index in [1.54, 1.807) is 12.1 Å². The zero-order valence-corrected chi connectivity index (χ0v) is 17.8. The topological polar surface area (TPSA) is 79.2 Å². The summed E-state index contributed by atoms with van der Waals surface area (Å²) in [7, 11) is 2.19. The third-order valence-electron chi connectivity index (χ3n) is 6.07. The van der Waals surface area contributed by atoms with Crippen molar-refractivity contribution in [1.29, 1.82) is 0 Å². The smallest absolute Gasteiger partial charge is 0.248 e. The Morgan fingerprint density at radius 2 is 1.71 bits per heavy atom. The van der Waals surface area contributed by atoms with Crippen LogP contribution in [0.1, 0.15) is 79.8 Å². The summed E-state index contributed by atoms with van der Waals surface area (Å²) in [5, 5.41) is 0.926. The molecule has 0 bridgehead atoms. The lowest BCUT2D eigenvalue weighted by Crippen LogP contribution is -2.39. The van der Waals surface area contributed by atoms with E-state index in [1.165, 1.54) is 32.4 Å². The van der Waals surface area contributed by atoms with Crippen LogP contribution in [0.4, 0.5) is 0 Å². The second-order valence-corrected chi connectivity index (χ2v) is 9.64. The standard InChI is InChI=1S/C17H20N2O2.C6H13N/c1-16(2)8-17(3,4)14(20)13-12(16)10-7-9(15(18)21)5-6-11(10)19-13;1-7-5-3-2-4-6-7/h5-7,19H,8H2,1-4H3,(H2,18,21);2-6H2,1H3. The molecule has 0 radical (unpaired) electrons. The molecule has 28 heavy (non-hydrogen) atoms. The number of carbonyl (C=O) groups is 2. The molecule has 1 aromatic heterocycles. The van der Waals surface area contributed by atoms with E-state index in [0.717, 1.165) is 22.9 Å². The Morgan fingerprint density at radius 3 is 2.25 bits per heavy atom. The van der Waals surface area contributed by atoms with Gasteiger partial charge in [-0.1, -0.05) is 34.1 Å². The number of nitrogens with zero attached hydrogens (tertiary/aromatic N) is 1. The number of amides is 1. The van der Waals surface area contributed by atoms with E-state index in [2.05, 4.69) is 30.8 Å². The molecular weight excluding hydrogens is 350 g/mol. The number of primary amides is 1. The molecule has 1 aromatic carbocycles. The molecule has 0 atom stereocenters. The van der Waals surface area contributed by atoms with E-state index < -0.39 is 5.91 Å². The Kier molecular flexibility index (Phi) is 5.41. The number of H-pyrrole nitrogens is 1. The minimum absolute atomic E-state index is 0.133. The van der Waals surface area contributed by atoms with E-state index in [-0.39, 0.29) is 16.6 Å². The number of hydrogen-bond acceptors (Lipinski definition) is 3. The first-order valence-corrected chi connectivity index (χ1v) is 10.2. The van der Waals surface area contributed by atoms with Gasteiger partial charge in [-0.25, -0.2) is 0 Å². The first-order chi connectivity index (χ1) is 13.0. The molecule has 4 rings (SSSR count). The van der Waals surface area contributed by atoms with Gasteiger partial charge in [-0.3, -0.25) is 9.59 Å². The summed E-state index contributed by atoms with van der Waals surface area (Å²) in [6, 6.07) is 5.31. The lowest BCUT2D eigenvalue weighted by Gasteiger charge is -2.39. The van der Waals surface area contributed by atoms with Crippen molar-refractivity contribution in [3.8, 4) is 0 Å². The highest BCUT2D eigenvalue weighted by molar-refractivity contribution is 6.08. The molecule has 1 saturated heterocycles. The van der Waals surface area contributed by atoms with Gasteiger partial charge in [0.05, 0.1) is 5.69 Å². The van der Waals surface area contributed by atoms with Gasteiger partial charge in [0.15, 0.2) is 5.78 Å². The number of aromatic amines is 1. The predicted molar refractivity (Wildman–Crippen MR) is 114 cm³/mol. The van der Waals surface area contributed by atoms with Gasteiger partial charge in [-0.15, -0.1) is 0 Å². The fraction of sp³-hybridized carbons (Fsp3) is 0.565. The van der Waals surface area contributed by atoms with Crippen LogP contribution in [0.3, 0.4) is 0 Å². The van der Waals surface area contributed by atoms with Crippen LogP contribution in [-0.4, -0.2) is 41.7 Å². The van der Waals surface area contributed by atoms with Gasteiger partial charge < -0.3 is 15.6 Å². The van der Waals surface area contributed by atoms with Crippen molar-refractivity contribution in [3.05, 3.63) is 35.0 Å². The number of hydrogen-bond donors (Lipinski definition) is 2. The van der Waals surface area contributed by atoms with Gasteiger partial charge >= 0.3 is 0 Å². The van der Waals surface area contributed by atoms with Crippen molar-refractivity contribution in [2.75, 3.05) is 20.1 Å². The van der Waals surface area contributed by atoms with Gasteiger partial charge in [0.1, 0.15) is 0 Å². The average Bonchev–Trinajstić information content (AvgIpc) is 3.00. The highest BCUT2D eigenvalue weighted by Crippen LogP contribution is 2.48. The molecule has 5 heteroatoms. The summed E-state index contributed by atoms with van der Waals surface area (Å²) in [6.07, 6.45) is 5.05. The number of piperidine rings is 1. The molecule has 1 fully saturated rings. The Bertz CT molecular complexity index is 902. The van der Waals surface area contributed by atoms with Crippen LogP contribution in [0.5, 0.6) is 0 Å². The summed E-state index contributed by atoms with van der Waals surface area (Å²) in [5.41, 5.74) is 7.88. The number of aromatic nitrogens is 1. The molecule has 1 aliphatic carbocycles. The first-order valence-electron chi connectivity index (χ1n) is 10.2. The van der Waals surface area contributed by atoms with Crippen molar-refractivity contribution in [1.82, 2.24) is 9.88 Å². The van der Waals surface area contributed by atoms with Crippen LogP contribution in [0, 0.1) is 5.41 Å². The fourth-order valence-electron chi connectivity index (χ4n) is 4.88. The molecule has 0 unspecified atom stereocenters. The number of rotatable bonds is 1. The predicted octanol–water partition coefficient (Wildman–Crippen LogP) is 4.26. The largest absolute Gasteiger partial charge is 0.366 e. The van der Waals surface area contributed by atoms with Crippen LogP contribution in [0.15, 0.2) is 18.2 Å². The van der Waals surface area contributed by atoms with Crippen LogP contribution in [0.25, 0.3) is 10.9 Å². The highest BCUT2D eigenvalue weighted by Gasteiger charge is 2.45. The highest BCUT2D eigenvalue weighted by atomic mass is 16.1. The molecule has 2 aromatic rings. The molecule has 1 amide bonds. The number of benzene rings is 1. The van der Waals surface area contributed by atoms with Crippen molar-refractivity contribution < 1.29 is 9.59 Å². The molecule has 2 heterocycles. The maximum atomic E-state index is 12.7. The number of ketones is 1. The van der Waals surface area contributed by atoms with Gasteiger partial charge in [0, 0.05) is 21.9 Å². The molecule has 2 aliphatic rings. The van der Waals surface area contributed by atoms with Crippen molar-refractivity contribution >= 4 is 22.6 Å². The van der Waals surface area contributed by atoms with Crippen molar-refractivity contribution in [3.63, 3.8) is 0 Å². The summed E-state index contributed by atoms with van der Waals surface area (Å²) < 4.78 is 0. The summed E-state index contributed by atoms with van der Waals surface area (Å²) >= 11 is 0. The van der Waals surface area contributed by atoms with E-state index in [4.69, 9.17) is 5.73 Å². The second kappa shape index (κ2) is 7.36. The van der Waals surface area contributed by atoms with Crippen molar-refractivity contribution in [2.45, 2.75) is 58.8 Å². The first kappa shape index (κ1) is 20.6. The lowest BCUT2D eigenvalue weighted by molar-refractivity contribution is 0.0760. The Balaban J connectivity index is 0.000000271. The maximum Gasteiger partial charge on any atom is 0.248 e. The Labute approximate surface area is 167 Å². The monoisotopic (exact) mass is 383 g/mol. The summed E-state index contributed by atoms with van der Waals surface area (Å²) in [5.74, 6) is -0.319. The van der Waals surface area contributed by atoms with Gasteiger partial charge in [0.25, 0.3) is 0 Å². The Morgan fingerprint density at radius 1 is 1.07 bits per heavy atom. The number of nitrogens with two attached hydrogens (primary N) is 1. The molecule has 0 saturated carbocycles. The van der Waals surface area contributed by atoms with E-state index >= 15 is 0 Å². The van der Waals surface area contributed by atoms with Gasteiger partial charge in [-0.05, 0) is 68.6 Å². The third kappa shape index (κ3) is 3.86. The van der Waals surface area contributed by atoms with Crippen LogP contribution >= 0.6 is 0 Å². The third-order valence-corrected chi connectivity index (χ3v) is 6.07. The second-order valence-electron chi connectivity index (χ2n) is 9.64. The van der Waals surface area contributed by atoms with Gasteiger partial charge in [0.2, 0.25) is 5.91 Å². The molecule has 0 spiro atoms. The molecular formula is C23H33N3O2. The van der Waals surface area contributed by atoms with E-state index in [1.807, 2.05) is 19.9 Å². The van der Waals surface area contributed by atoms with E-state index in [9.17, 15) is 9.59 Å². The van der Waals surface area contributed by atoms with Crippen LogP contribution in [-0.2, 0) is 5.41 Å². The maximum absolute atomic E-state index is 12.7. The lowest BCUT2D eigenvalue weighted by atomic mass is 9.63.